The molecule has 37 heavy (non-hydrogen) atoms. The van der Waals surface area contributed by atoms with Crippen molar-refractivity contribution in [1.29, 1.82) is 0 Å². The quantitative estimate of drug-likeness (QED) is 0.618. The maximum Gasteiger partial charge on any atom is 0.249 e. The zero-order chi connectivity index (χ0) is 25.6. The first-order valence-electron chi connectivity index (χ1n) is 13.6. The molecule has 2 saturated heterocycles. The van der Waals surface area contributed by atoms with Gasteiger partial charge in [-0.15, -0.1) is 0 Å². The van der Waals surface area contributed by atoms with E-state index in [-0.39, 0.29) is 36.9 Å². The zero-order valence-electron chi connectivity index (χ0n) is 21.1. The molecule has 1 aromatic carbocycles. The number of carbonyl (C=O) groups excluding carboxylic acids is 3. The third-order valence-electron chi connectivity index (χ3n) is 8.85. The second kappa shape index (κ2) is 9.72. The van der Waals surface area contributed by atoms with E-state index in [0.29, 0.717) is 19.6 Å². The van der Waals surface area contributed by atoms with Crippen LogP contribution in [0.25, 0.3) is 0 Å². The van der Waals surface area contributed by atoms with Crippen LogP contribution in [0.5, 0.6) is 0 Å². The lowest BCUT2D eigenvalue weighted by atomic mass is 9.77. The van der Waals surface area contributed by atoms with Crippen LogP contribution in [-0.2, 0) is 25.7 Å². The summed E-state index contributed by atoms with van der Waals surface area (Å²) in [4.78, 5) is 47.3. The Balaban J connectivity index is 1.36. The average Bonchev–Trinajstić information content (AvgIpc) is 3.22. The highest BCUT2D eigenvalue weighted by Gasteiger charge is 2.71. The molecule has 5 aliphatic rings. The van der Waals surface area contributed by atoms with Crippen LogP contribution in [0.3, 0.4) is 0 Å². The van der Waals surface area contributed by atoms with Crippen molar-refractivity contribution in [2.24, 2.45) is 11.8 Å². The third-order valence-corrected chi connectivity index (χ3v) is 8.85. The minimum Gasteiger partial charge on any atom is -0.395 e. The number of β-amino-alcohol motifs (C(OH)–C–C–N with tert-alkyl or cyclic N) is 1. The highest BCUT2D eigenvalue weighted by atomic mass is 16.5. The number of nitrogens with zero attached hydrogens (tertiary/aromatic N) is 3. The number of carbonyl (C=O) groups is 3. The number of benzene rings is 1. The van der Waals surface area contributed by atoms with Crippen LogP contribution in [0.1, 0.15) is 37.7 Å². The Morgan fingerprint density at radius 2 is 1.73 bits per heavy atom. The van der Waals surface area contributed by atoms with Gasteiger partial charge in [-0.25, -0.2) is 0 Å². The number of aliphatic hydroxyl groups is 1. The SMILES string of the molecule is O=C1[C@@H]2[C@H]3C(=O)N(CCO)C4C(=O)N(C5CCCCC5)CC=C[C@@]43O[C@@H]2C=CCN1Cc1ccccc1. The molecule has 8 heteroatoms. The molecule has 3 amide bonds. The van der Waals surface area contributed by atoms with Crippen LogP contribution in [0.15, 0.2) is 54.6 Å². The van der Waals surface area contributed by atoms with Crippen LogP contribution in [0, 0.1) is 11.8 Å². The second-order valence-corrected chi connectivity index (χ2v) is 10.9. The van der Waals surface area contributed by atoms with Crippen molar-refractivity contribution in [2.75, 3.05) is 26.2 Å². The summed E-state index contributed by atoms with van der Waals surface area (Å²) in [7, 11) is 0. The van der Waals surface area contributed by atoms with Crippen LogP contribution >= 0.6 is 0 Å². The number of ether oxygens (including phenoxy) is 1. The Bertz CT molecular complexity index is 1110. The fourth-order valence-electron chi connectivity index (χ4n) is 7.22. The predicted molar refractivity (Wildman–Crippen MR) is 136 cm³/mol. The van der Waals surface area contributed by atoms with Crippen molar-refractivity contribution in [3.8, 4) is 0 Å². The van der Waals surface area contributed by atoms with Crippen LogP contribution in [-0.4, -0.2) is 87.6 Å². The molecule has 1 N–H and O–H groups in total. The standard InChI is InChI=1S/C29H35N3O5/c33-18-17-32-25-28(36)31(21-11-5-2-6-12-21)16-8-14-29(25)24(27(32)35)23-22(37-29)13-7-15-30(26(23)34)19-20-9-3-1-4-10-20/h1,3-4,7-10,13-14,21-25,33H,2,5-6,11-12,15-19H2/t22-,23+,24+,25?,29+/m1/s1. The summed E-state index contributed by atoms with van der Waals surface area (Å²) in [5.74, 6) is -2.07. The molecule has 1 aromatic rings. The first kappa shape index (κ1) is 24.4. The number of hydrogen-bond acceptors (Lipinski definition) is 5. The van der Waals surface area contributed by atoms with E-state index in [9.17, 15) is 19.5 Å². The van der Waals surface area contributed by atoms with E-state index in [1.54, 1.807) is 4.90 Å². The van der Waals surface area contributed by atoms with E-state index < -0.39 is 29.6 Å². The molecule has 0 radical (unpaired) electrons. The largest absolute Gasteiger partial charge is 0.395 e. The lowest BCUT2D eigenvalue weighted by Crippen LogP contribution is -2.57. The summed E-state index contributed by atoms with van der Waals surface area (Å²) in [5.41, 5.74) is -0.209. The van der Waals surface area contributed by atoms with Gasteiger partial charge in [-0.2, -0.15) is 0 Å². The molecule has 1 unspecified atom stereocenters. The molecule has 1 saturated carbocycles. The van der Waals surface area contributed by atoms with Gasteiger partial charge in [0.2, 0.25) is 17.7 Å². The van der Waals surface area contributed by atoms with E-state index >= 15 is 0 Å². The zero-order valence-corrected chi connectivity index (χ0v) is 21.1. The molecular formula is C29H35N3O5. The molecule has 0 aromatic heterocycles. The molecule has 0 bridgehead atoms. The fourth-order valence-corrected chi connectivity index (χ4v) is 7.22. The summed E-state index contributed by atoms with van der Waals surface area (Å²) >= 11 is 0. The summed E-state index contributed by atoms with van der Waals surface area (Å²) < 4.78 is 6.65. The molecule has 3 fully saturated rings. The van der Waals surface area contributed by atoms with Crippen molar-refractivity contribution in [1.82, 2.24) is 14.7 Å². The van der Waals surface area contributed by atoms with Crippen molar-refractivity contribution in [3.05, 3.63) is 60.2 Å². The van der Waals surface area contributed by atoms with Crippen molar-refractivity contribution in [3.63, 3.8) is 0 Å². The van der Waals surface area contributed by atoms with Gasteiger partial charge in [-0.1, -0.05) is 73.9 Å². The van der Waals surface area contributed by atoms with Gasteiger partial charge in [0, 0.05) is 32.2 Å². The van der Waals surface area contributed by atoms with Crippen LogP contribution in [0.4, 0.5) is 0 Å². The number of aliphatic hydroxyl groups excluding tert-OH is 1. The lowest BCUT2D eigenvalue weighted by molar-refractivity contribution is -0.150. The molecule has 196 valence electrons. The Hall–Kier alpha value is -2.97. The van der Waals surface area contributed by atoms with Gasteiger partial charge >= 0.3 is 0 Å². The Labute approximate surface area is 217 Å². The predicted octanol–water partition coefficient (Wildman–Crippen LogP) is 1.89. The Morgan fingerprint density at radius 1 is 0.946 bits per heavy atom. The molecule has 1 spiro atoms. The third kappa shape index (κ3) is 3.92. The van der Waals surface area contributed by atoms with E-state index in [2.05, 4.69) is 0 Å². The normalized spacial score (nSPS) is 33.9. The van der Waals surface area contributed by atoms with Gasteiger partial charge in [-0.3, -0.25) is 14.4 Å². The number of hydrogen-bond donors (Lipinski definition) is 1. The van der Waals surface area contributed by atoms with E-state index in [1.165, 1.54) is 11.3 Å². The smallest absolute Gasteiger partial charge is 0.249 e. The van der Waals surface area contributed by atoms with Crippen LogP contribution < -0.4 is 0 Å². The first-order chi connectivity index (χ1) is 18.0. The van der Waals surface area contributed by atoms with E-state index in [4.69, 9.17) is 4.74 Å². The summed E-state index contributed by atoms with van der Waals surface area (Å²) in [6.07, 6.45) is 12.4. The highest BCUT2D eigenvalue weighted by molar-refractivity contribution is 5.99. The van der Waals surface area contributed by atoms with Gasteiger partial charge in [-0.05, 0) is 18.4 Å². The first-order valence-corrected chi connectivity index (χ1v) is 13.6. The number of rotatable bonds is 5. The van der Waals surface area contributed by atoms with Gasteiger partial charge < -0.3 is 24.5 Å². The summed E-state index contributed by atoms with van der Waals surface area (Å²) in [6, 6.07) is 9.06. The topological polar surface area (TPSA) is 90.4 Å². The van der Waals surface area contributed by atoms with Gasteiger partial charge in [0.15, 0.2) is 0 Å². The molecule has 6 rings (SSSR count). The average molecular weight is 506 g/mol. The molecule has 5 atom stereocenters. The van der Waals surface area contributed by atoms with Crippen molar-refractivity contribution >= 4 is 17.7 Å². The number of amides is 3. The van der Waals surface area contributed by atoms with Gasteiger partial charge in [0.1, 0.15) is 11.6 Å². The van der Waals surface area contributed by atoms with Crippen molar-refractivity contribution in [2.45, 2.75) is 62.4 Å². The summed E-state index contributed by atoms with van der Waals surface area (Å²) in [6.45, 7) is 1.13. The minimum atomic E-state index is -1.22. The molecule has 4 heterocycles. The van der Waals surface area contributed by atoms with Crippen molar-refractivity contribution < 1.29 is 24.2 Å². The Morgan fingerprint density at radius 3 is 2.49 bits per heavy atom. The van der Waals surface area contributed by atoms with Gasteiger partial charge in [0.25, 0.3) is 0 Å². The molecule has 8 nitrogen and oxygen atoms in total. The second-order valence-electron chi connectivity index (χ2n) is 10.9. The molecule has 1 aliphatic carbocycles. The number of fused-ring (bicyclic) bond motifs is 2. The van der Waals surface area contributed by atoms with Gasteiger partial charge in [0.05, 0.1) is 24.5 Å². The summed E-state index contributed by atoms with van der Waals surface area (Å²) in [5, 5.41) is 9.84. The maximum absolute atomic E-state index is 14.2. The molecule has 4 aliphatic heterocycles. The molecular weight excluding hydrogens is 470 g/mol. The minimum absolute atomic E-state index is 0.0400. The number of likely N-dealkylation sites (tertiary alicyclic amines) is 1. The highest BCUT2D eigenvalue weighted by Crippen LogP contribution is 2.53. The van der Waals surface area contributed by atoms with E-state index in [1.807, 2.05) is 59.5 Å². The maximum atomic E-state index is 14.2. The van der Waals surface area contributed by atoms with E-state index in [0.717, 1.165) is 31.2 Å². The fraction of sp³-hybridized carbons (Fsp3) is 0.552. The van der Waals surface area contributed by atoms with Crippen LogP contribution in [0.2, 0.25) is 0 Å². The monoisotopic (exact) mass is 505 g/mol. The Kier molecular flexibility index (Phi) is 6.41. The lowest BCUT2D eigenvalue weighted by Gasteiger charge is -2.39.